The molecule has 0 heterocycles. The fraction of sp³-hybridized carbons (Fsp3) is 0.240. The van der Waals surface area contributed by atoms with Crippen LogP contribution in [0.2, 0.25) is 0 Å². The zero-order valence-electron chi connectivity index (χ0n) is 17.1. The number of methoxy groups -OCH3 is 2. The summed E-state index contributed by atoms with van der Waals surface area (Å²) in [6, 6.07) is 25.7. The Hall–Kier alpha value is -3.27. The third-order valence-corrected chi connectivity index (χ3v) is 5.20. The van der Waals surface area contributed by atoms with E-state index in [0.29, 0.717) is 12.8 Å². The molecule has 0 radical (unpaired) electrons. The van der Waals surface area contributed by atoms with E-state index in [4.69, 9.17) is 9.47 Å². The smallest absolute Gasteiger partial charge is 0.221 e. The number of ether oxygens (including phenoxy) is 2. The highest BCUT2D eigenvalue weighted by Gasteiger charge is 2.30. The van der Waals surface area contributed by atoms with Gasteiger partial charge in [-0.05, 0) is 48.2 Å². The molecule has 3 aromatic rings. The summed E-state index contributed by atoms with van der Waals surface area (Å²) in [4.78, 5) is 12.9. The van der Waals surface area contributed by atoms with E-state index in [-0.39, 0.29) is 5.91 Å². The number of hydrogen-bond donors (Lipinski definition) is 1. The number of aryl methyl sites for hydroxylation is 1. The largest absolute Gasteiger partial charge is 0.497 e. The Morgan fingerprint density at radius 3 is 1.97 bits per heavy atom. The first-order valence-corrected chi connectivity index (χ1v) is 9.70. The van der Waals surface area contributed by atoms with E-state index < -0.39 is 5.54 Å². The predicted octanol–water partition coefficient (Wildman–Crippen LogP) is 4.72. The van der Waals surface area contributed by atoms with E-state index in [1.165, 1.54) is 0 Å². The summed E-state index contributed by atoms with van der Waals surface area (Å²) < 4.78 is 10.7. The predicted molar refractivity (Wildman–Crippen MR) is 115 cm³/mol. The highest BCUT2D eigenvalue weighted by molar-refractivity contribution is 5.78. The molecule has 3 aromatic carbocycles. The van der Waals surface area contributed by atoms with Gasteiger partial charge < -0.3 is 14.8 Å². The molecule has 1 amide bonds. The second-order valence-electron chi connectivity index (χ2n) is 7.08. The molecule has 29 heavy (non-hydrogen) atoms. The van der Waals surface area contributed by atoms with Gasteiger partial charge in [0.05, 0.1) is 19.8 Å². The van der Waals surface area contributed by atoms with Gasteiger partial charge in [0, 0.05) is 6.42 Å². The molecule has 0 spiro atoms. The van der Waals surface area contributed by atoms with E-state index in [1.54, 1.807) is 14.2 Å². The van der Waals surface area contributed by atoms with Crippen molar-refractivity contribution in [3.8, 4) is 11.5 Å². The molecule has 1 N–H and O–H groups in total. The van der Waals surface area contributed by atoms with Crippen molar-refractivity contribution in [2.75, 3.05) is 14.2 Å². The van der Waals surface area contributed by atoms with Crippen LogP contribution in [0, 0.1) is 0 Å². The van der Waals surface area contributed by atoms with Crippen LogP contribution in [0.3, 0.4) is 0 Å². The number of amides is 1. The van der Waals surface area contributed by atoms with Crippen LogP contribution in [0.5, 0.6) is 11.5 Å². The average molecular weight is 389 g/mol. The third-order valence-electron chi connectivity index (χ3n) is 5.20. The lowest BCUT2D eigenvalue weighted by Crippen LogP contribution is -2.44. The number of carbonyl (C=O) groups is 1. The Kier molecular flexibility index (Phi) is 6.55. The SMILES string of the molecule is COc1ccc(OC)c(CCC(=O)NC(C)(c2ccccc2)c2ccccc2)c1. The van der Waals surface area contributed by atoms with Crippen molar-refractivity contribution in [1.29, 1.82) is 0 Å². The zero-order chi connectivity index (χ0) is 20.7. The van der Waals surface area contributed by atoms with E-state index in [2.05, 4.69) is 5.32 Å². The summed E-state index contributed by atoms with van der Waals surface area (Å²) in [6.07, 6.45) is 0.907. The van der Waals surface area contributed by atoms with E-state index >= 15 is 0 Å². The van der Waals surface area contributed by atoms with Gasteiger partial charge in [0.25, 0.3) is 0 Å². The van der Waals surface area contributed by atoms with E-state index in [1.807, 2.05) is 85.8 Å². The Morgan fingerprint density at radius 2 is 1.45 bits per heavy atom. The summed E-state index contributed by atoms with van der Waals surface area (Å²) in [6.45, 7) is 2.04. The summed E-state index contributed by atoms with van der Waals surface area (Å²) in [5, 5.41) is 3.25. The summed E-state index contributed by atoms with van der Waals surface area (Å²) >= 11 is 0. The van der Waals surface area contributed by atoms with Gasteiger partial charge in [0.15, 0.2) is 0 Å². The topological polar surface area (TPSA) is 47.6 Å². The van der Waals surface area contributed by atoms with Crippen molar-refractivity contribution >= 4 is 5.91 Å². The van der Waals surface area contributed by atoms with Crippen molar-refractivity contribution in [3.63, 3.8) is 0 Å². The fourth-order valence-electron chi connectivity index (χ4n) is 3.52. The van der Waals surface area contributed by atoms with Crippen LogP contribution in [-0.4, -0.2) is 20.1 Å². The molecule has 0 unspecified atom stereocenters. The lowest BCUT2D eigenvalue weighted by atomic mass is 9.84. The van der Waals surface area contributed by atoms with Crippen LogP contribution in [-0.2, 0) is 16.8 Å². The van der Waals surface area contributed by atoms with Crippen molar-refractivity contribution < 1.29 is 14.3 Å². The summed E-state index contributed by atoms with van der Waals surface area (Å²) in [5.74, 6) is 1.48. The van der Waals surface area contributed by atoms with Gasteiger partial charge in [-0.1, -0.05) is 60.7 Å². The normalized spacial score (nSPS) is 11.0. The number of carbonyl (C=O) groups excluding carboxylic acids is 1. The van der Waals surface area contributed by atoms with Crippen LogP contribution in [0.15, 0.2) is 78.9 Å². The minimum absolute atomic E-state index is 0.0231. The van der Waals surface area contributed by atoms with Gasteiger partial charge in [0.2, 0.25) is 5.91 Å². The molecule has 0 saturated heterocycles. The maximum Gasteiger partial charge on any atom is 0.221 e. The number of nitrogens with one attached hydrogen (secondary N) is 1. The maximum absolute atomic E-state index is 12.9. The van der Waals surface area contributed by atoms with Crippen molar-refractivity contribution in [2.24, 2.45) is 0 Å². The number of rotatable bonds is 8. The molecule has 0 fully saturated rings. The Labute approximate surface area is 172 Å². The number of benzene rings is 3. The van der Waals surface area contributed by atoms with Crippen LogP contribution < -0.4 is 14.8 Å². The molecule has 0 atom stereocenters. The van der Waals surface area contributed by atoms with Crippen LogP contribution in [0.25, 0.3) is 0 Å². The van der Waals surface area contributed by atoms with Gasteiger partial charge in [-0.25, -0.2) is 0 Å². The third kappa shape index (κ3) is 4.77. The van der Waals surface area contributed by atoms with Crippen molar-refractivity contribution in [1.82, 2.24) is 5.32 Å². The minimum atomic E-state index is -0.613. The Morgan fingerprint density at radius 1 is 0.862 bits per heavy atom. The van der Waals surface area contributed by atoms with Gasteiger partial charge in [0.1, 0.15) is 11.5 Å². The molecule has 4 nitrogen and oxygen atoms in total. The molecule has 0 aliphatic carbocycles. The van der Waals surface area contributed by atoms with Gasteiger partial charge in [-0.2, -0.15) is 0 Å². The molecule has 4 heteroatoms. The second-order valence-corrected chi connectivity index (χ2v) is 7.08. The van der Waals surface area contributed by atoms with Crippen LogP contribution in [0.1, 0.15) is 30.0 Å². The molecule has 150 valence electrons. The standard InChI is InChI=1S/C25H27NO3/c1-25(20-10-6-4-7-11-20,21-12-8-5-9-13-21)26-24(27)17-14-19-18-22(28-2)15-16-23(19)29-3/h4-13,15-16,18H,14,17H2,1-3H3,(H,26,27). The molecule has 0 saturated carbocycles. The first-order valence-electron chi connectivity index (χ1n) is 9.70. The van der Waals surface area contributed by atoms with Crippen molar-refractivity contribution in [3.05, 3.63) is 95.6 Å². The quantitative estimate of drug-likeness (QED) is 0.607. The summed E-state index contributed by atoms with van der Waals surface area (Å²) in [7, 11) is 3.26. The highest BCUT2D eigenvalue weighted by atomic mass is 16.5. The zero-order valence-corrected chi connectivity index (χ0v) is 17.1. The molecule has 0 aliphatic rings. The second kappa shape index (κ2) is 9.28. The molecule has 0 aliphatic heterocycles. The lowest BCUT2D eigenvalue weighted by Gasteiger charge is -2.32. The van der Waals surface area contributed by atoms with Gasteiger partial charge >= 0.3 is 0 Å². The first kappa shape index (κ1) is 20.5. The Bertz CT molecular complexity index is 899. The lowest BCUT2D eigenvalue weighted by molar-refractivity contribution is -0.122. The van der Waals surface area contributed by atoms with Gasteiger partial charge in [-0.3, -0.25) is 4.79 Å². The molecule has 0 aromatic heterocycles. The summed E-state index contributed by atoms with van der Waals surface area (Å²) in [5.41, 5.74) is 2.41. The molecule has 3 rings (SSSR count). The van der Waals surface area contributed by atoms with E-state index in [9.17, 15) is 4.79 Å². The van der Waals surface area contributed by atoms with Gasteiger partial charge in [-0.15, -0.1) is 0 Å². The first-order chi connectivity index (χ1) is 14.1. The molecular weight excluding hydrogens is 362 g/mol. The number of hydrogen-bond acceptors (Lipinski definition) is 3. The molecule has 0 bridgehead atoms. The van der Waals surface area contributed by atoms with E-state index in [0.717, 1.165) is 28.2 Å². The molecular formula is C25H27NO3. The van der Waals surface area contributed by atoms with Crippen molar-refractivity contribution in [2.45, 2.75) is 25.3 Å². The van der Waals surface area contributed by atoms with Crippen LogP contribution >= 0.6 is 0 Å². The maximum atomic E-state index is 12.9. The average Bonchev–Trinajstić information content (AvgIpc) is 2.78. The minimum Gasteiger partial charge on any atom is -0.497 e. The van der Waals surface area contributed by atoms with Crippen LogP contribution in [0.4, 0.5) is 0 Å². The monoisotopic (exact) mass is 389 g/mol. The fourth-order valence-corrected chi connectivity index (χ4v) is 3.52. The Balaban J connectivity index is 1.80. The highest BCUT2D eigenvalue weighted by Crippen LogP contribution is 2.30.